The summed E-state index contributed by atoms with van der Waals surface area (Å²) >= 11 is 0. The summed E-state index contributed by atoms with van der Waals surface area (Å²) in [5.74, 6) is 0.426. The van der Waals surface area contributed by atoms with E-state index in [1.54, 1.807) is 0 Å². The lowest BCUT2D eigenvalue weighted by Gasteiger charge is -2.14. The van der Waals surface area contributed by atoms with Crippen LogP contribution in [-0.4, -0.2) is 41.1 Å². The Balaban J connectivity index is 1.10. The van der Waals surface area contributed by atoms with Crippen molar-refractivity contribution < 1.29 is 4.79 Å². The van der Waals surface area contributed by atoms with Gasteiger partial charge in [-0.1, -0.05) is 60.7 Å². The van der Waals surface area contributed by atoms with E-state index in [1.807, 2.05) is 24.1 Å². The molecule has 1 spiro atoms. The van der Waals surface area contributed by atoms with Crippen LogP contribution < -0.4 is 4.90 Å². The third-order valence-electron chi connectivity index (χ3n) is 8.43. The number of amides is 1. The Labute approximate surface area is 211 Å². The zero-order chi connectivity index (χ0) is 24.3. The molecule has 4 aromatic rings. The normalized spacial score (nSPS) is 23.4. The molecule has 0 bridgehead atoms. The van der Waals surface area contributed by atoms with Gasteiger partial charge in [-0.05, 0) is 72.8 Å². The summed E-state index contributed by atoms with van der Waals surface area (Å²) < 4.78 is 0. The van der Waals surface area contributed by atoms with E-state index in [1.165, 1.54) is 48.2 Å². The minimum atomic E-state index is -0.400. The van der Waals surface area contributed by atoms with Gasteiger partial charge in [0.1, 0.15) is 0 Å². The van der Waals surface area contributed by atoms with E-state index < -0.39 is 5.41 Å². The van der Waals surface area contributed by atoms with E-state index in [-0.39, 0.29) is 11.8 Å². The molecule has 0 unspecified atom stereocenters. The number of aromatic amines is 1. The second-order valence-electron chi connectivity index (χ2n) is 10.6. The summed E-state index contributed by atoms with van der Waals surface area (Å²) in [5.41, 5.74) is 7.52. The molecule has 5 heteroatoms. The Morgan fingerprint density at radius 1 is 1.03 bits per heavy atom. The maximum Gasteiger partial charge on any atom is 0.238 e. The molecule has 3 aliphatic rings. The highest BCUT2D eigenvalue weighted by molar-refractivity contribution is 6.11. The third-order valence-corrected chi connectivity index (χ3v) is 8.43. The van der Waals surface area contributed by atoms with Crippen molar-refractivity contribution in [2.75, 3.05) is 25.0 Å². The van der Waals surface area contributed by atoms with Crippen LogP contribution in [0.1, 0.15) is 53.1 Å². The van der Waals surface area contributed by atoms with Crippen molar-refractivity contribution in [1.29, 1.82) is 0 Å². The molecule has 7 rings (SSSR count). The van der Waals surface area contributed by atoms with E-state index in [0.29, 0.717) is 0 Å². The lowest BCUT2D eigenvalue weighted by Crippen LogP contribution is -2.29. The Morgan fingerprint density at radius 2 is 1.83 bits per heavy atom. The van der Waals surface area contributed by atoms with Gasteiger partial charge in [-0.3, -0.25) is 14.8 Å². The maximum absolute atomic E-state index is 13.2. The van der Waals surface area contributed by atoms with Crippen LogP contribution in [0, 0.1) is 0 Å². The fraction of sp³-hybridized carbons (Fsp3) is 0.290. The number of rotatable bonds is 5. The van der Waals surface area contributed by atoms with Crippen LogP contribution >= 0.6 is 0 Å². The first-order chi connectivity index (χ1) is 17.6. The number of nitrogens with one attached hydrogen (secondary N) is 1. The molecular weight excluding hydrogens is 444 g/mol. The Kier molecular flexibility index (Phi) is 4.90. The van der Waals surface area contributed by atoms with Crippen LogP contribution in [-0.2, 0) is 16.8 Å². The zero-order valence-electron chi connectivity index (χ0n) is 20.6. The summed E-state index contributed by atoms with van der Waals surface area (Å²) in [6, 6.07) is 23.6. The number of carbonyl (C=O) groups excluding carboxylic acids is 1. The first-order valence-corrected chi connectivity index (χ1v) is 13.0. The van der Waals surface area contributed by atoms with Crippen LogP contribution in [0.3, 0.4) is 0 Å². The van der Waals surface area contributed by atoms with Gasteiger partial charge in [0.05, 0.1) is 16.6 Å². The molecule has 2 atom stereocenters. The van der Waals surface area contributed by atoms with E-state index in [4.69, 9.17) is 0 Å². The van der Waals surface area contributed by atoms with Gasteiger partial charge in [0.2, 0.25) is 5.91 Å². The number of hydrogen-bond donors (Lipinski definition) is 1. The highest BCUT2D eigenvalue weighted by atomic mass is 16.2. The first-order valence-electron chi connectivity index (χ1n) is 13.0. The average Bonchev–Trinajstić information content (AvgIpc) is 3.14. The van der Waals surface area contributed by atoms with E-state index in [2.05, 4.69) is 81.8 Å². The molecule has 2 fully saturated rings. The summed E-state index contributed by atoms with van der Waals surface area (Å²) in [5, 5.41) is 8.89. The molecule has 2 aliphatic heterocycles. The van der Waals surface area contributed by atoms with Gasteiger partial charge < -0.3 is 4.90 Å². The molecule has 5 nitrogen and oxygen atoms in total. The van der Waals surface area contributed by atoms with Crippen molar-refractivity contribution in [1.82, 2.24) is 15.1 Å². The number of para-hydroxylation sites is 1. The van der Waals surface area contributed by atoms with Gasteiger partial charge in [-0.25, -0.2) is 0 Å². The number of nitrogens with zero attached hydrogens (tertiary/aromatic N) is 3. The number of H-pyrrole nitrogens is 1. The SMILES string of the molecule is CN1C(=O)[C@@]2(C[C@H]2c2ccc3c(/C=C/c4ccc(CN5CCCC5)cc4)n[nH]c3c2)c2ccccc21. The van der Waals surface area contributed by atoms with Crippen LogP contribution in [0.25, 0.3) is 23.1 Å². The lowest BCUT2D eigenvalue weighted by atomic mass is 9.92. The van der Waals surface area contributed by atoms with Gasteiger partial charge >= 0.3 is 0 Å². The van der Waals surface area contributed by atoms with Gasteiger partial charge in [0.25, 0.3) is 0 Å². The quantitative estimate of drug-likeness (QED) is 0.402. The van der Waals surface area contributed by atoms with Crippen molar-refractivity contribution in [2.45, 2.75) is 37.1 Å². The van der Waals surface area contributed by atoms with E-state index in [9.17, 15) is 4.79 Å². The van der Waals surface area contributed by atoms with E-state index >= 15 is 0 Å². The topological polar surface area (TPSA) is 52.2 Å². The first kappa shape index (κ1) is 21.6. The van der Waals surface area contributed by atoms with Crippen molar-refractivity contribution in [3.05, 3.63) is 94.7 Å². The van der Waals surface area contributed by atoms with Gasteiger partial charge in [-0.2, -0.15) is 5.10 Å². The number of fused-ring (bicyclic) bond motifs is 3. The number of anilines is 1. The highest BCUT2D eigenvalue weighted by Gasteiger charge is 2.66. The van der Waals surface area contributed by atoms with Crippen LogP contribution in [0.4, 0.5) is 5.69 Å². The summed E-state index contributed by atoms with van der Waals surface area (Å²) in [7, 11) is 1.89. The molecule has 3 heterocycles. The smallest absolute Gasteiger partial charge is 0.238 e. The summed E-state index contributed by atoms with van der Waals surface area (Å²) in [6.45, 7) is 3.49. The molecule has 1 aliphatic carbocycles. The van der Waals surface area contributed by atoms with Gasteiger partial charge in [0.15, 0.2) is 0 Å². The molecule has 1 saturated heterocycles. The monoisotopic (exact) mass is 474 g/mol. The predicted octanol–water partition coefficient (Wildman–Crippen LogP) is 5.73. The maximum atomic E-state index is 13.2. The number of likely N-dealkylation sites (tertiary alicyclic amines) is 1. The minimum Gasteiger partial charge on any atom is -0.314 e. The third kappa shape index (κ3) is 3.34. The lowest BCUT2D eigenvalue weighted by molar-refractivity contribution is -0.120. The van der Waals surface area contributed by atoms with Crippen molar-refractivity contribution >= 4 is 34.6 Å². The fourth-order valence-corrected chi connectivity index (χ4v) is 6.38. The van der Waals surface area contributed by atoms with Crippen molar-refractivity contribution in [2.24, 2.45) is 0 Å². The Bertz CT molecular complexity index is 1490. The molecule has 3 aromatic carbocycles. The van der Waals surface area contributed by atoms with Crippen LogP contribution in [0.15, 0.2) is 66.7 Å². The molecule has 180 valence electrons. The average molecular weight is 475 g/mol. The molecule has 36 heavy (non-hydrogen) atoms. The second-order valence-corrected chi connectivity index (χ2v) is 10.6. The number of benzene rings is 3. The molecule has 1 saturated carbocycles. The van der Waals surface area contributed by atoms with Gasteiger partial charge in [0, 0.05) is 30.6 Å². The molecule has 1 N–H and O–H groups in total. The van der Waals surface area contributed by atoms with Crippen molar-refractivity contribution in [3.8, 4) is 0 Å². The molecule has 1 aromatic heterocycles. The Morgan fingerprint density at radius 3 is 2.67 bits per heavy atom. The molecule has 1 amide bonds. The zero-order valence-corrected chi connectivity index (χ0v) is 20.6. The predicted molar refractivity (Wildman–Crippen MR) is 145 cm³/mol. The highest BCUT2D eigenvalue weighted by Crippen LogP contribution is 2.66. The Hall–Kier alpha value is -3.70. The number of aromatic nitrogens is 2. The number of hydrogen-bond acceptors (Lipinski definition) is 3. The molecule has 0 radical (unpaired) electrons. The van der Waals surface area contributed by atoms with Crippen molar-refractivity contribution in [3.63, 3.8) is 0 Å². The van der Waals surface area contributed by atoms with E-state index in [0.717, 1.165) is 35.2 Å². The standard InChI is InChI=1S/C31H30N4O/c1-34-29-7-3-2-6-25(29)31(30(34)36)19-26(31)23-13-14-24-27(32-33-28(24)18-23)15-12-21-8-10-22(11-9-21)20-35-16-4-5-17-35/h2-3,6-15,18,26H,4-5,16-17,19-20H2,1H3,(H,32,33)/b15-12+/t26-,31-/m0/s1. The second kappa shape index (κ2) is 8.17. The largest absolute Gasteiger partial charge is 0.314 e. The molecular formula is C31H30N4O. The number of carbonyl (C=O) groups is 1. The summed E-state index contributed by atoms with van der Waals surface area (Å²) in [4.78, 5) is 17.6. The van der Waals surface area contributed by atoms with Crippen LogP contribution in [0.5, 0.6) is 0 Å². The van der Waals surface area contributed by atoms with Gasteiger partial charge in [-0.15, -0.1) is 0 Å². The minimum absolute atomic E-state index is 0.210. The fourth-order valence-electron chi connectivity index (χ4n) is 6.38. The van der Waals surface area contributed by atoms with Crippen LogP contribution in [0.2, 0.25) is 0 Å². The summed E-state index contributed by atoms with van der Waals surface area (Å²) in [6.07, 6.45) is 7.73. The number of likely N-dealkylation sites (N-methyl/N-ethyl adjacent to an activating group) is 1.